The SMILES string of the molecule is CC1(C#N)CCN(C(=O)c2ccncc2)CC1. The second-order valence-corrected chi connectivity index (χ2v) is 4.70. The lowest BCUT2D eigenvalue weighted by molar-refractivity contribution is 0.0661. The summed E-state index contributed by atoms with van der Waals surface area (Å²) < 4.78 is 0. The van der Waals surface area contributed by atoms with E-state index in [0.29, 0.717) is 18.7 Å². The molecule has 4 nitrogen and oxygen atoms in total. The van der Waals surface area contributed by atoms with Crippen LogP contribution in [-0.2, 0) is 0 Å². The fraction of sp³-hybridized carbons (Fsp3) is 0.462. The minimum Gasteiger partial charge on any atom is -0.339 e. The zero-order valence-corrected chi connectivity index (χ0v) is 9.89. The molecule has 0 spiro atoms. The van der Waals surface area contributed by atoms with Crippen molar-refractivity contribution in [1.82, 2.24) is 9.88 Å². The van der Waals surface area contributed by atoms with Crippen molar-refractivity contribution < 1.29 is 4.79 Å². The molecule has 0 aliphatic carbocycles. The lowest BCUT2D eigenvalue weighted by Crippen LogP contribution is -2.41. The fourth-order valence-corrected chi connectivity index (χ4v) is 1.99. The van der Waals surface area contributed by atoms with Gasteiger partial charge in [0.15, 0.2) is 0 Å². The second kappa shape index (κ2) is 4.54. The maximum Gasteiger partial charge on any atom is 0.253 e. The van der Waals surface area contributed by atoms with Crippen molar-refractivity contribution in [2.75, 3.05) is 13.1 Å². The van der Waals surface area contributed by atoms with Gasteiger partial charge < -0.3 is 4.90 Å². The summed E-state index contributed by atoms with van der Waals surface area (Å²) >= 11 is 0. The summed E-state index contributed by atoms with van der Waals surface area (Å²) in [5.74, 6) is 0.0346. The Hall–Kier alpha value is -1.89. The fourth-order valence-electron chi connectivity index (χ4n) is 1.99. The predicted molar refractivity (Wildman–Crippen MR) is 63.1 cm³/mol. The summed E-state index contributed by atoms with van der Waals surface area (Å²) in [6.07, 6.45) is 4.74. The number of carbonyl (C=O) groups is 1. The van der Waals surface area contributed by atoms with Gasteiger partial charge in [-0.15, -0.1) is 0 Å². The van der Waals surface area contributed by atoms with Crippen LogP contribution in [0.5, 0.6) is 0 Å². The van der Waals surface area contributed by atoms with E-state index in [4.69, 9.17) is 5.26 Å². The molecule has 1 saturated heterocycles. The van der Waals surface area contributed by atoms with Crippen molar-refractivity contribution in [2.45, 2.75) is 19.8 Å². The monoisotopic (exact) mass is 229 g/mol. The molecule has 1 aliphatic rings. The zero-order valence-electron chi connectivity index (χ0n) is 9.89. The average molecular weight is 229 g/mol. The third-order valence-electron chi connectivity index (χ3n) is 3.35. The standard InChI is InChI=1S/C13H15N3O/c1-13(10-14)4-8-16(9-5-13)12(17)11-2-6-15-7-3-11/h2-3,6-7H,4-5,8-9H2,1H3. The molecule has 4 heteroatoms. The molecule has 0 radical (unpaired) electrons. The second-order valence-electron chi connectivity index (χ2n) is 4.70. The predicted octanol–water partition coefficient (Wildman–Crippen LogP) is 1.85. The average Bonchev–Trinajstić information content (AvgIpc) is 2.40. The first kappa shape index (κ1) is 11.6. The Morgan fingerprint density at radius 3 is 2.53 bits per heavy atom. The molecular formula is C13H15N3O. The Labute approximate surface area is 101 Å². The third kappa shape index (κ3) is 2.44. The van der Waals surface area contributed by atoms with Gasteiger partial charge in [-0.2, -0.15) is 5.26 Å². The molecule has 0 unspecified atom stereocenters. The number of aromatic nitrogens is 1. The lowest BCUT2D eigenvalue weighted by atomic mass is 9.82. The van der Waals surface area contributed by atoms with Crippen molar-refractivity contribution >= 4 is 5.91 Å². The number of amides is 1. The van der Waals surface area contributed by atoms with Gasteiger partial charge in [0.1, 0.15) is 0 Å². The molecule has 0 aromatic carbocycles. The number of likely N-dealkylation sites (tertiary alicyclic amines) is 1. The molecule has 0 saturated carbocycles. The molecule has 1 aromatic rings. The Kier molecular flexibility index (Phi) is 3.10. The molecule has 1 amide bonds. The summed E-state index contributed by atoms with van der Waals surface area (Å²) in [5.41, 5.74) is 0.398. The molecule has 0 N–H and O–H groups in total. The third-order valence-corrected chi connectivity index (χ3v) is 3.35. The Bertz CT molecular complexity index is 441. The van der Waals surface area contributed by atoms with E-state index in [1.807, 2.05) is 11.8 Å². The Balaban J connectivity index is 2.03. The van der Waals surface area contributed by atoms with Crippen LogP contribution in [0.4, 0.5) is 0 Å². The molecule has 1 aromatic heterocycles. The van der Waals surface area contributed by atoms with Gasteiger partial charge in [-0.05, 0) is 31.9 Å². The summed E-state index contributed by atoms with van der Waals surface area (Å²) in [4.78, 5) is 17.8. The number of nitriles is 1. The van der Waals surface area contributed by atoms with E-state index in [1.54, 1.807) is 24.5 Å². The van der Waals surface area contributed by atoms with Crippen LogP contribution in [0.15, 0.2) is 24.5 Å². The quantitative estimate of drug-likeness (QED) is 0.738. The molecule has 1 aliphatic heterocycles. The summed E-state index contributed by atoms with van der Waals surface area (Å²) in [7, 11) is 0. The minimum atomic E-state index is -0.269. The molecule has 2 rings (SSSR count). The molecule has 1 fully saturated rings. The number of carbonyl (C=O) groups excluding carboxylic acids is 1. The van der Waals surface area contributed by atoms with Gasteiger partial charge in [0.05, 0.1) is 11.5 Å². The van der Waals surface area contributed by atoms with E-state index in [2.05, 4.69) is 11.1 Å². The van der Waals surface area contributed by atoms with Gasteiger partial charge in [-0.1, -0.05) is 0 Å². The number of rotatable bonds is 1. The number of nitrogens with zero attached hydrogens (tertiary/aromatic N) is 3. The highest BCUT2D eigenvalue weighted by Gasteiger charge is 2.31. The van der Waals surface area contributed by atoms with Crippen LogP contribution in [0.25, 0.3) is 0 Å². The maximum atomic E-state index is 12.1. The Morgan fingerprint density at radius 2 is 2.00 bits per heavy atom. The van der Waals surface area contributed by atoms with E-state index < -0.39 is 0 Å². The normalized spacial score (nSPS) is 18.5. The van der Waals surface area contributed by atoms with Gasteiger partial charge in [0.2, 0.25) is 0 Å². The minimum absolute atomic E-state index is 0.0346. The van der Waals surface area contributed by atoms with E-state index in [0.717, 1.165) is 12.8 Å². The maximum absolute atomic E-state index is 12.1. The first-order chi connectivity index (χ1) is 8.14. The largest absolute Gasteiger partial charge is 0.339 e. The van der Waals surface area contributed by atoms with Crippen molar-refractivity contribution in [3.05, 3.63) is 30.1 Å². The topological polar surface area (TPSA) is 57.0 Å². The molecule has 2 heterocycles. The van der Waals surface area contributed by atoms with E-state index in [1.165, 1.54) is 0 Å². The molecule has 17 heavy (non-hydrogen) atoms. The van der Waals surface area contributed by atoms with Crippen LogP contribution in [0.3, 0.4) is 0 Å². The van der Waals surface area contributed by atoms with Crippen LogP contribution in [0.2, 0.25) is 0 Å². The van der Waals surface area contributed by atoms with Gasteiger partial charge in [-0.3, -0.25) is 9.78 Å². The van der Waals surface area contributed by atoms with E-state index in [9.17, 15) is 4.79 Å². The summed E-state index contributed by atoms with van der Waals surface area (Å²) in [6.45, 7) is 3.28. The summed E-state index contributed by atoms with van der Waals surface area (Å²) in [5, 5.41) is 9.03. The Morgan fingerprint density at radius 1 is 1.41 bits per heavy atom. The smallest absolute Gasteiger partial charge is 0.253 e. The highest BCUT2D eigenvalue weighted by Crippen LogP contribution is 2.30. The van der Waals surface area contributed by atoms with Gasteiger partial charge in [0, 0.05) is 31.0 Å². The van der Waals surface area contributed by atoms with Crippen LogP contribution in [0.1, 0.15) is 30.1 Å². The van der Waals surface area contributed by atoms with Gasteiger partial charge >= 0.3 is 0 Å². The highest BCUT2D eigenvalue weighted by atomic mass is 16.2. The highest BCUT2D eigenvalue weighted by molar-refractivity contribution is 5.94. The van der Waals surface area contributed by atoms with Crippen molar-refractivity contribution in [3.8, 4) is 6.07 Å². The number of hydrogen-bond acceptors (Lipinski definition) is 3. The van der Waals surface area contributed by atoms with Crippen LogP contribution < -0.4 is 0 Å². The zero-order chi connectivity index (χ0) is 12.3. The number of piperidine rings is 1. The van der Waals surface area contributed by atoms with Crippen LogP contribution in [-0.4, -0.2) is 28.9 Å². The van der Waals surface area contributed by atoms with Crippen LogP contribution >= 0.6 is 0 Å². The number of hydrogen-bond donors (Lipinski definition) is 0. The van der Waals surface area contributed by atoms with Crippen molar-refractivity contribution in [3.63, 3.8) is 0 Å². The van der Waals surface area contributed by atoms with E-state index >= 15 is 0 Å². The summed E-state index contributed by atoms with van der Waals surface area (Å²) in [6, 6.07) is 5.78. The molecular weight excluding hydrogens is 214 g/mol. The van der Waals surface area contributed by atoms with Crippen molar-refractivity contribution in [2.24, 2.45) is 5.41 Å². The van der Waals surface area contributed by atoms with Gasteiger partial charge in [0.25, 0.3) is 5.91 Å². The van der Waals surface area contributed by atoms with Crippen molar-refractivity contribution in [1.29, 1.82) is 5.26 Å². The number of pyridine rings is 1. The first-order valence-corrected chi connectivity index (χ1v) is 5.75. The first-order valence-electron chi connectivity index (χ1n) is 5.75. The molecule has 88 valence electrons. The van der Waals surface area contributed by atoms with Crippen LogP contribution in [0, 0.1) is 16.7 Å². The van der Waals surface area contributed by atoms with E-state index in [-0.39, 0.29) is 11.3 Å². The molecule has 0 atom stereocenters. The molecule has 0 bridgehead atoms. The lowest BCUT2D eigenvalue weighted by Gasteiger charge is -2.34. The van der Waals surface area contributed by atoms with Gasteiger partial charge in [-0.25, -0.2) is 0 Å².